The molecule has 0 saturated carbocycles. The van der Waals surface area contributed by atoms with E-state index >= 15 is 0 Å². The van der Waals surface area contributed by atoms with Gasteiger partial charge in [0.05, 0.1) is 6.10 Å². The number of likely N-dealkylation sites (N-methyl/N-ethyl adjacent to an activating group) is 1. The summed E-state index contributed by atoms with van der Waals surface area (Å²) in [5.74, 6) is 0. The van der Waals surface area contributed by atoms with Crippen LogP contribution >= 0.6 is 0 Å². The fourth-order valence-corrected chi connectivity index (χ4v) is 1.61. The molecule has 2 rings (SSSR count). The molecule has 1 aromatic rings. The van der Waals surface area contributed by atoms with Crippen LogP contribution in [0.5, 0.6) is 0 Å². The Labute approximate surface area is 111 Å². The lowest BCUT2D eigenvalue weighted by molar-refractivity contribution is -0.131. The number of hydrogen-bond donors (Lipinski definition) is 0. The number of carbonyl (C=O) groups excluding carboxylic acids is 1. The van der Waals surface area contributed by atoms with Crippen LogP contribution in [0.15, 0.2) is 24.3 Å². The average Bonchev–Trinajstić information content (AvgIpc) is 2.75. The highest BCUT2D eigenvalue weighted by Crippen LogP contribution is 2.25. The van der Waals surface area contributed by atoms with Crippen molar-refractivity contribution in [2.45, 2.75) is 40.2 Å². The fourth-order valence-electron chi connectivity index (χ4n) is 1.61. The summed E-state index contributed by atoms with van der Waals surface area (Å²) in [4.78, 5) is 11.7. The Morgan fingerprint density at radius 2 is 1.89 bits per heavy atom. The summed E-state index contributed by atoms with van der Waals surface area (Å²) in [6.45, 7) is 9.23. The van der Waals surface area contributed by atoms with Gasteiger partial charge in [-0.05, 0) is 31.9 Å². The molecule has 0 aromatic heterocycles. The molecule has 0 radical (unpaired) electrons. The van der Waals surface area contributed by atoms with Gasteiger partial charge in [-0.2, -0.15) is 0 Å². The largest absolute Gasteiger partial charge is 0.465 e. The minimum Gasteiger partial charge on any atom is -0.465 e. The number of para-hydroxylation sites is 1. The van der Waals surface area contributed by atoms with Gasteiger partial charge in [0.2, 0.25) is 0 Å². The van der Waals surface area contributed by atoms with Crippen LogP contribution in [0.1, 0.15) is 33.3 Å². The average molecular weight is 251 g/mol. The minimum absolute atomic E-state index is 0.0301. The second kappa shape index (κ2) is 9.51. The minimum atomic E-state index is 0.0301. The standard InChI is InChI=1S/C9H11N.C4H8O2.C2H6/c1-10-7-6-8-4-2-3-5-9(8)10;1-4(2)6-3-5;1-2/h2-5H,6-7H2,1H3;3-4H,1-2H3;1-2H3. The predicted molar refractivity (Wildman–Crippen MR) is 77.0 cm³/mol. The van der Waals surface area contributed by atoms with Crippen LogP contribution in [-0.4, -0.2) is 26.2 Å². The van der Waals surface area contributed by atoms with Crippen LogP contribution in [0, 0.1) is 0 Å². The number of hydrogen-bond acceptors (Lipinski definition) is 3. The smallest absolute Gasteiger partial charge is 0.293 e. The molecule has 1 aromatic carbocycles. The molecule has 3 nitrogen and oxygen atoms in total. The van der Waals surface area contributed by atoms with Gasteiger partial charge in [0, 0.05) is 19.3 Å². The van der Waals surface area contributed by atoms with Gasteiger partial charge in [0.25, 0.3) is 6.47 Å². The van der Waals surface area contributed by atoms with E-state index in [1.807, 2.05) is 13.8 Å². The van der Waals surface area contributed by atoms with E-state index in [0.717, 1.165) is 0 Å². The predicted octanol–water partition coefficient (Wildman–Crippen LogP) is 3.27. The molecular weight excluding hydrogens is 226 g/mol. The topological polar surface area (TPSA) is 29.5 Å². The van der Waals surface area contributed by atoms with Crippen molar-refractivity contribution < 1.29 is 9.53 Å². The molecule has 3 heteroatoms. The third-order valence-electron chi connectivity index (χ3n) is 2.45. The highest BCUT2D eigenvalue weighted by Gasteiger charge is 2.12. The van der Waals surface area contributed by atoms with E-state index in [9.17, 15) is 4.79 Å². The molecule has 0 saturated heterocycles. The monoisotopic (exact) mass is 251 g/mol. The maximum Gasteiger partial charge on any atom is 0.293 e. The number of anilines is 1. The fraction of sp³-hybridized carbons (Fsp3) is 0.533. The molecule has 0 aliphatic carbocycles. The zero-order valence-electron chi connectivity index (χ0n) is 12.1. The van der Waals surface area contributed by atoms with Gasteiger partial charge in [-0.15, -0.1) is 0 Å². The molecule has 0 N–H and O–H groups in total. The number of ether oxygens (including phenoxy) is 1. The first-order valence-corrected chi connectivity index (χ1v) is 6.53. The van der Waals surface area contributed by atoms with E-state index in [4.69, 9.17) is 0 Å². The number of rotatable bonds is 2. The zero-order chi connectivity index (χ0) is 14.0. The molecule has 0 fully saturated rings. The molecule has 1 heterocycles. The van der Waals surface area contributed by atoms with E-state index in [1.165, 1.54) is 24.2 Å². The SMILES string of the molecule is CC.CC(C)OC=O.CN1CCc2ccccc21. The van der Waals surface area contributed by atoms with Gasteiger partial charge in [-0.25, -0.2) is 0 Å². The first-order chi connectivity index (χ1) is 8.65. The van der Waals surface area contributed by atoms with Crippen molar-refractivity contribution in [1.82, 2.24) is 0 Å². The molecule has 0 amide bonds. The highest BCUT2D eigenvalue weighted by atomic mass is 16.5. The van der Waals surface area contributed by atoms with Crippen molar-refractivity contribution >= 4 is 12.2 Å². The Morgan fingerprint density at radius 3 is 2.33 bits per heavy atom. The summed E-state index contributed by atoms with van der Waals surface area (Å²) < 4.78 is 4.36. The summed E-state index contributed by atoms with van der Waals surface area (Å²) in [5, 5.41) is 0. The highest BCUT2D eigenvalue weighted by molar-refractivity contribution is 5.56. The molecule has 0 unspecified atom stereocenters. The normalized spacial score (nSPS) is 11.8. The van der Waals surface area contributed by atoms with E-state index < -0.39 is 0 Å². The lowest BCUT2D eigenvalue weighted by Crippen LogP contribution is -2.12. The molecule has 18 heavy (non-hydrogen) atoms. The molecule has 0 spiro atoms. The zero-order valence-corrected chi connectivity index (χ0v) is 12.1. The van der Waals surface area contributed by atoms with Gasteiger partial charge >= 0.3 is 0 Å². The number of carbonyl (C=O) groups is 1. The lowest BCUT2D eigenvalue weighted by Gasteiger charge is -2.10. The third-order valence-corrected chi connectivity index (χ3v) is 2.45. The van der Waals surface area contributed by atoms with Crippen LogP contribution in [0.3, 0.4) is 0 Å². The summed E-state index contributed by atoms with van der Waals surface area (Å²) in [7, 11) is 2.14. The lowest BCUT2D eigenvalue weighted by atomic mass is 10.2. The van der Waals surface area contributed by atoms with Gasteiger partial charge in [-0.1, -0.05) is 32.0 Å². The van der Waals surface area contributed by atoms with Crippen LogP contribution < -0.4 is 4.90 Å². The van der Waals surface area contributed by atoms with Crippen LogP contribution in [0.25, 0.3) is 0 Å². The maximum atomic E-state index is 9.39. The summed E-state index contributed by atoms with van der Waals surface area (Å²) in [6, 6.07) is 8.60. The van der Waals surface area contributed by atoms with E-state index in [-0.39, 0.29) is 6.10 Å². The molecule has 1 aliphatic heterocycles. The Morgan fingerprint density at radius 1 is 1.28 bits per heavy atom. The quantitative estimate of drug-likeness (QED) is 0.755. The Kier molecular flexibility index (Phi) is 8.71. The van der Waals surface area contributed by atoms with E-state index in [1.54, 1.807) is 13.8 Å². The van der Waals surface area contributed by atoms with E-state index in [2.05, 4.69) is 40.9 Å². The third kappa shape index (κ3) is 5.71. The Hall–Kier alpha value is -1.51. The van der Waals surface area contributed by atoms with Crippen molar-refractivity contribution in [3.8, 4) is 0 Å². The summed E-state index contributed by atoms with van der Waals surface area (Å²) >= 11 is 0. The van der Waals surface area contributed by atoms with Crippen molar-refractivity contribution in [2.75, 3.05) is 18.5 Å². The second-order valence-corrected chi connectivity index (χ2v) is 4.08. The van der Waals surface area contributed by atoms with Crippen molar-refractivity contribution in [1.29, 1.82) is 0 Å². The van der Waals surface area contributed by atoms with Gasteiger partial charge in [0.1, 0.15) is 0 Å². The molecule has 102 valence electrons. The van der Waals surface area contributed by atoms with Crippen molar-refractivity contribution in [3.63, 3.8) is 0 Å². The number of fused-ring (bicyclic) bond motifs is 1. The molecular formula is C15H25NO2. The van der Waals surface area contributed by atoms with Crippen LogP contribution in [-0.2, 0) is 16.0 Å². The van der Waals surface area contributed by atoms with Crippen LogP contribution in [0.4, 0.5) is 5.69 Å². The van der Waals surface area contributed by atoms with Crippen LogP contribution in [0.2, 0.25) is 0 Å². The number of benzene rings is 1. The Bertz CT molecular complexity index is 337. The van der Waals surface area contributed by atoms with Gasteiger partial charge in [0.15, 0.2) is 0 Å². The summed E-state index contributed by atoms with van der Waals surface area (Å²) in [6.07, 6.45) is 1.25. The Balaban J connectivity index is 0.000000315. The molecule has 0 atom stereocenters. The van der Waals surface area contributed by atoms with Crippen molar-refractivity contribution in [2.24, 2.45) is 0 Å². The molecule has 0 bridgehead atoms. The number of nitrogens with zero attached hydrogens (tertiary/aromatic N) is 1. The van der Waals surface area contributed by atoms with Crippen molar-refractivity contribution in [3.05, 3.63) is 29.8 Å². The first kappa shape index (κ1) is 16.5. The maximum absolute atomic E-state index is 9.39. The molecule has 1 aliphatic rings. The van der Waals surface area contributed by atoms with E-state index in [0.29, 0.717) is 6.47 Å². The van der Waals surface area contributed by atoms with Gasteiger partial charge in [-0.3, -0.25) is 4.79 Å². The first-order valence-electron chi connectivity index (χ1n) is 6.53. The van der Waals surface area contributed by atoms with Gasteiger partial charge < -0.3 is 9.64 Å². The second-order valence-electron chi connectivity index (χ2n) is 4.08. The summed E-state index contributed by atoms with van der Waals surface area (Å²) in [5.41, 5.74) is 2.90.